The van der Waals surface area contributed by atoms with Crippen LogP contribution in [0.2, 0.25) is 0 Å². The second kappa shape index (κ2) is 10.7. The Morgan fingerprint density at radius 3 is 2.37 bits per heavy atom. The summed E-state index contributed by atoms with van der Waals surface area (Å²) in [4.78, 5) is 36.7. The molecular formula is C28H32N4O3. The molecule has 0 unspecified atom stereocenters. The Balaban J connectivity index is 1.36. The number of benzene rings is 2. The summed E-state index contributed by atoms with van der Waals surface area (Å²) in [6, 6.07) is 17.3. The molecule has 1 aliphatic heterocycles. The largest absolute Gasteiger partial charge is 0.437 e. The van der Waals surface area contributed by atoms with Crippen molar-refractivity contribution in [3.8, 4) is 11.6 Å². The first kappa shape index (κ1) is 24.4. The summed E-state index contributed by atoms with van der Waals surface area (Å²) in [6.07, 6.45) is 5.07. The van der Waals surface area contributed by atoms with Gasteiger partial charge in [0.2, 0.25) is 17.7 Å². The predicted octanol–water partition coefficient (Wildman–Crippen LogP) is 4.42. The van der Waals surface area contributed by atoms with E-state index in [1.807, 2.05) is 66.4 Å². The van der Waals surface area contributed by atoms with E-state index in [9.17, 15) is 9.59 Å². The van der Waals surface area contributed by atoms with Crippen molar-refractivity contribution in [2.75, 3.05) is 13.1 Å². The molecule has 1 N–H and O–H groups in total. The zero-order chi connectivity index (χ0) is 24.8. The van der Waals surface area contributed by atoms with E-state index in [1.165, 1.54) is 0 Å². The molecule has 7 heteroatoms. The van der Waals surface area contributed by atoms with Crippen molar-refractivity contribution in [3.05, 3.63) is 83.8 Å². The van der Waals surface area contributed by atoms with Crippen LogP contribution in [0.1, 0.15) is 49.4 Å². The Bertz CT molecular complexity index is 1170. The summed E-state index contributed by atoms with van der Waals surface area (Å²) in [5, 5.41) is 2.91. The Labute approximate surface area is 206 Å². The number of amides is 2. The number of hydrogen-bond donors (Lipinski definition) is 1. The van der Waals surface area contributed by atoms with Gasteiger partial charge in [-0.3, -0.25) is 14.6 Å². The zero-order valence-electron chi connectivity index (χ0n) is 20.5. The first-order valence-corrected chi connectivity index (χ1v) is 12.0. The van der Waals surface area contributed by atoms with Gasteiger partial charge in [0.25, 0.3) is 0 Å². The van der Waals surface area contributed by atoms with Crippen LogP contribution in [0, 0.1) is 6.92 Å². The predicted molar refractivity (Wildman–Crippen MR) is 134 cm³/mol. The third kappa shape index (κ3) is 6.04. The summed E-state index contributed by atoms with van der Waals surface area (Å²) in [5.74, 6) is 1.17. The van der Waals surface area contributed by atoms with Crippen LogP contribution in [0.25, 0.3) is 0 Å². The van der Waals surface area contributed by atoms with Gasteiger partial charge in [-0.15, -0.1) is 0 Å². The van der Waals surface area contributed by atoms with Gasteiger partial charge in [0.1, 0.15) is 17.0 Å². The van der Waals surface area contributed by atoms with Gasteiger partial charge < -0.3 is 15.0 Å². The average molecular weight is 473 g/mol. The Hall–Kier alpha value is -3.74. The molecule has 1 aliphatic rings. The lowest BCUT2D eigenvalue weighted by Gasteiger charge is -2.37. The van der Waals surface area contributed by atoms with Gasteiger partial charge in [-0.25, -0.2) is 4.98 Å². The molecule has 2 aromatic carbocycles. The molecule has 1 saturated heterocycles. The summed E-state index contributed by atoms with van der Waals surface area (Å²) in [5.41, 5.74) is 1.78. The maximum absolute atomic E-state index is 13.3. The second-order valence-electron chi connectivity index (χ2n) is 9.52. The monoisotopic (exact) mass is 472 g/mol. The van der Waals surface area contributed by atoms with Crippen molar-refractivity contribution in [1.82, 2.24) is 20.2 Å². The van der Waals surface area contributed by atoms with Crippen LogP contribution in [-0.2, 0) is 16.0 Å². The maximum atomic E-state index is 13.3. The fourth-order valence-corrected chi connectivity index (χ4v) is 4.45. The van der Waals surface area contributed by atoms with E-state index in [2.05, 4.69) is 15.3 Å². The summed E-state index contributed by atoms with van der Waals surface area (Å²) in [6.45, 7) is 6.70. The Morgan fingerprint density at radius 2 is 1.66 bits per heavy atom. The summed E-state index contributed by atoms with van der Waals surface area (Å²) in [7, 11) is 0. The first-order valence-electron chi connectivity index (χ1n) is 12.0. The topological polar surface area (TPSA) is 84.4 Å². The molecule has 0 radical (unpaired) electrons. The molecule has 0 spiro atoms. The minimum atomic E-state index is -0.982. The number of aromatic nitrogens is 2. The molecule has 1 fully saturated rings. The highest BCUT2D eigenvalue weighted by atomic mass is 16.5. The molecule has 2 heterocycles. The molecular weight excluding hydrogens is 440 g/mol. The molecule has 2 amide bonds. The minimum Gasteiger partial charge on any atom is -0.437 e. The summed E-state index contributed by atoms with van der Waals surface area (Å²) < 4.78 is 6.11. The maximum Gasteiger partial charge on any atom is 0.247 e. The standard InChI is InChI=1S/C28H32N4O3/c1-20-9-7-8-12-23(20)35-26-25(29-15-16-30-26)22-13-17-32(18-14-22)27(34)28(2,3)31-24(33)19-21-10-5-4-6-11-21/h4-12,15-16,22H,13-14,17-19H2,1-3H3,(H,31,33). The van der Waals surface area contributed by atoms with Crippen molar-refractivity contribution in [1.29, 1.82) is 0 Å². The average Bonchev–Trinajstić information content (AvgIpc) is 2.86. The lowest BCUT2D eigenvalue weighted by atomic mass is 9.91. The van der Waals surface area contributed by atoms with Crippen molar-refractivity contribution >= 4 is 11.8 Å². The van der Waals surface area contributed by atoms with Gasteiger partial charge >= 0.3 is 0 Å². The van der Waals surface area contributed by atoms with Crippen LogP contribution < -0.4 is 10.1 Å². The van der Waals surface area contributed by atoms with Crippen molar-refractivity contribution in [2.24, 2.45) is 0 Å². The molecule has 182 valence electrons. The number of ether oxygens (including phenoxy) is 1. The molecule has 7 nitrogen and oxygen atoms in total. The van der Waals surface area contributed by atoms with E-state index in [0.717, 1.165) is 35.4 Å². The molecule has 1 aromatic heterocycles. The van der Waals surface area contributed by atoms with E-state index in [0.29, 0.717) is 19.0 Å². The molecule has 4 rings (SSSR count). The zero-order valence-corrected chi connectivity index (χ0v) is 20.5. The molecule has 0 saturated carbocycles. The van der Waals surface area contributed by atoms with E-state index in [-0.39, 0.29) is 24.2 Å². The third-order valence-electron chi connectivity index (χ3n) is 6.35. The Kier molecular flexibility index (Phi) is 7.44. The number of nitrogens with one attached hydrogen (secondary N) is 1. The molecule has 0 bridgehead atoms. The first-order chi connectivity index (χ1) is 16.8. The Morgan fingerprint density at radius 1 is 1.00 bits per heavy atom. The highest BCUT2D eigenvalue weighted by Gasteiger charge is 2.36. The van der Waals surface area contributed by atoms with Crippen LogP contribution in [0.5, 0.6) is 11.6 Å². The molecule has 35 heavy (non-hydrogen) atoms. The van der Waals surface area contributed by atoms with Crippen molar-refractivity contribution in [3.63, 3.8) is 0 Å². The molecule has 3 aromatic rings. The van der Waals surface area contributed by atoms with E-state index < -0.39 is 5.54 Å². The molecule has 0 atom stereocenters. The fourth-order valence-electron chi connectivity index (χ4n) is 4.45. The van der Waals surface area contributed by atoms with Crippen LogP contribution in [0.4, 0.5) is 0 Å². The third-order valence-corrected chi connectivity index (χ3v) is 6.35. The van der Waals surface area contributed by atoms with Crippen LogP contribution in [0.15, 0.2) is 67.0 Å². The number of rotatable bonds is 7. The van der Waals surface area contributed by atoms with E-state index in [1.54, 1.807) is 26.2 Å². The lowest BCUT2D eigenvalue weighted by molar-refractivity contribution is -0.141. The quantitative estimate of drug-likeness (QED) is 0.550. The van der Waals surface area contributed by atoms with Crippen molar-refractivity contribution < 1.29 is 14.3 Å². The number of nitrogens with zero attached hydrogens (tertiary/aromatic N) is 3. The van der Waals surface area contributed by atoms with Gasteiger partial charge in [0.05, 0.1) is 6.42 Å². The second-order valence-corrected chi connectivity index (χ2v) is 9.52. The minimum absolute atomic E-state index is 0.0760. The number of hydrogen-bond acceptors (Lipinski definition) is 5. The normalized spacial score (nSPS) is 14.4. The number of piperidine rings is 1. The van der Waals surface area contributed by atoms with E-state index in [4.69, 9.17) is 4.74 Å². The smallest absolute Gasteiger partial charge is 0.247 e. The highest BCUT2D eigenvalue weighted by Crippen LogP contribution is 2.34. The van der Waals surface area contributed by atoms with E-state index >= 15 is 0 Å². The van der Waals surface area contributed by atoms with Gasteiger partial charge in [-0.1, -0.05) is 48.5 Å². The van der Waals surface area contributed by atoms with Crippen LogP contribution >= 0.6 is 0 Å². The number of carbonyl (C=O) groups is 2. The van der Waals surface area contributed by atoms with Crippen LogP contribution in [0.3, 0.4) is 0 Å². The lowest BCUT2D eigenvalue weighted by Crippen LogP contribution is -2.57. The summed E-state index contributed by atoms with van der Waals surface area (Å²) >= 11 is 0. The molecule has 0 aliphatic carbocycles. The number of carbonyl (C=O) groups excluding carboxylic acids is 2. The van der Waals surface area contributed by atoms with Gasteiger partial charge in [0.15, 0.2) is 0 Å². The van der Waals surface area contributed by atoms with Gasteiger partial charge in [0, 0.05) is 31.4 Å². The van der Waals surface area contributed by atoms with Gasteiger partial charge in [-0.2, -0.15) is 0 Å². The fraction of sp³-hybridized carbons (Fsp3) is 0.357. The SMILES string of the molecule is Cc1ccccc1Oc1nccnc1C1CCN(C(=O)C(C)(C)NC(=O)Cc2ccccc2)CC1. The van der Waals surface area contributed by atoms with Crippen LogP contribution in [-0.4, -0.2) is 45.3 Å². The van der Waals surface area contributed by atoms with Gasteiger partial charge in [-0.05, 0) is 50.8 Å². The highest BCUT2D eigenvalue weighted by molar-refractivity contribution is 5.91. The number of para-hydroxylation sites is 1. The number of aryl methyl sites for hydroxylation is 1. The number of likely N-dealkylation sites (tertiary alicyclic amines) is 1. The van der Waals surface area contributed by atoms with Crippen molar-refractivity contribution in [2.45, 2.75) is 51.5 Å².